The molecule has 1 aromatic carbocycles. The minimum absolute atomic E-state index is 0.0189. The van der Waals surface area contributed by atoms with Crippen molar-refractivity contribution >= 4 is 51.4 Å². The highest BCUT2D eigenvalue weighted by Crippen LogP contribution is 2.46. The third kappa shape index (κ3) is 5.88. The van der Waals surface area contributed by atoms with Gasteiger partial charge in [-0.1, -0.05) is 39.3 Å². The summed E-state index contributed by atoms with van der Waals surface area (Å²) in [6.07, 6.45) is -4.84. The van der Waals surface area contributed by atoms with Gasteiger partial charge in [0.1, 0.15) is 4.21 Å². The van der Waals surface area contributed by atoms with Crippen LogP contribution in [0.2, 0.25) is 23.2 Å². The average molecular weight is 530 g/mol. The molecule has 0 saturated carbocycles. The van der Waals surface area contributed by atoms with Crippen LogP contribution in [0, 0.1) is 0 Å². The fourth-order valence-electron chi connectivity index (χ4n) is 3.18. The van der Waals surface area contributed by atoms with Crippen LogP contribution in [-0.4, -0.2) is 40.2 Å². The van der Waals surface area contributed by atoms with E-state index in [-0.39, 0.29) is 33.2 Å². The van der Waals surface area contributed by atoms with Crippen LogP contribution in [0.25, 0.3) is 10.1 Å². The molecule has 0 amide bonds. The zero-order chi connectivity index (χ0) is 24.7. The Bertz CT molecular complexity index is 1060. The van der Waals surface area contributed by atoms with Crippen molar-refractivity contribution in [2.24, 2.45) is 0 Å². The molecular weight excluding hydrogens is 499 g/mol. The van der Waals surface area contributed by atoms with Gasteiger partial charge in [0.15, 0.2) is 8.32 Å². The first kappa shape index (κ1) is 27.6. The molecule has 0 N–H and O–H groups in total. The first-order chi connectivity index (χ1) is 14.4. The van der Waals surface area contributed by atoms with Gasteiger partial charge in [-0.2, -0.15) is 17.5 Å². The number of sulfonamides is 1. The topological polar surface area (TPSA) is 46.6 Å². The average Bonchev–Trinajstić information content (AvgIpc) is 2.99. The van der Waals surface area contributed by atoms with E-state index in [0.29, 0.717) is 17.8 Å². The van der Waals surface area contributed by atoms with Crippen molar-refractivity contribution in [3.05, 3.63) is 28.8 Å². The van der Waals surface area contributed by atoms with E-state index in [4.69, 9.17) is 16.0 Å². The van der Waals surface area contributed by atoms with E-state index in [9.17, 15) is 21.6 Å². The monoisotopic (exact) mass is 529 g/mol. The van der Waals surface area contributed by atoms with Crippen molar-refractivity contribution in [1.82, 2.24) is 4.31 Å². The first-order valence-corrected chi connectivity index (χ1v) is 15.9. The van der Waals surface area contributed by atoms with Crippen LogP contribution < -0.4 is 0 Å². The highest BCUT2D eigenvalue weighted by molar-refractivity contribution is 7.91. The SMILES string of the molecule is CCCN(CC(C)O[Si](C)(C)C(C)(C)C)S(=O)(=O)c1sc2ccc(Cl)cc2c1C(F)(F)F. The minimum Gasteiger partial charge on any atom is -0.413 e. The van der Waals surface area contributed by atoms with Crippen molar-refractivity contribution in [3.63, 3.8) is 0 Å². The minimum atomic E-state index is -4.84. The number of alkyl halides is 3. The number of halogens is 4. The Kier molecular flexibility index (Phi) is 8.22. The predicted molar refractivity (Wildman–Crippen MR) is 129 cm³/mol. The zero-order valence-electron chi connectivity index (χ0n) is 19.4. The van der Waals surface area contributed by atoms with Gasteiger partial charge < -0.3 is 4.43 Å². The molecule has 0 bridgehead atoms. The molecular formula is C21H31ClF3NO3S2Si. The highest BCUT2D eigenvalue weighted by Gasteiger charge is 2.44. The van der Waals surface area contributed by atoms with Gasteiger partial charge in [-0.3, -0.25) is 0 Å². The number of nitrogens with zero attached hydrogens (tertiary/aromatic N) is 1. The summed E-state index contributed by atoms with van der Waals surface area (Å²) in [4.78, 5) is 0. The second kappa shape index (κ2) is 9.54. The lowest BCUT2D eigenvalue weighted by molar-refractivity contribution is -0.138. The van der Waals surface area contributed by atoms with E-state index in [1.165, 1.54) is 18.2 Å². The van der Waals surface area contributed by atoms with Gasteiger partial charge in [-0.15, -0.1) is 11.3 Å². The summed E-state index contributed by atoms with van der Waals surface area (Å²) in [5, 5.41) is -0.161. The molecule has 0 aliphatic carbocycles. The number of hydrogen-bond acceptors (Lipinski definition) is 4. The van der Waals surface area contributed by atoms with Crippen molar-refractivity contribution < 1.29 is 26.0 Å². The maximum absolute atomic E-state index is 14.0. The number of fused-ring (bicyclic) bond motifs is 1. The van der Waals surface area contributed by atoms with Gasteiger partial charge in [0, 0.05) is 28.2 Å². The van der Waals surface area contributed by atoms with Crippen LogP contribution >= 0.6 is 22.9 Å². The van der Waals surface area contributed by atoms with Gasteiger partial charge in [0.25, 0.3) is 10.0 Å². The fourth-order valence-corrected chi connectivity index (χ4v) is 8.27. The Labute approximate surface area is 198 Å². The van der Waals surface area contributed by atoms with Gasteiger partial charge in [-0.05, 0) is 49.7 Å². The van der Waals surface area contributed by atoms with E-state index in [1.807, 2.05) is 0 Å². The Morgan fingerprint density at radius 2 is 1.81 bits per heavy atom. The Morgan fingerprint density at radius 3 is 2.31 bits per heavy atom. The van der Waals surface area contributed by atoms with E-state index >= 15 is 0 Å². The second-order valence-electron chi connectivity index (χ2n) is 9.45. The van der Waals surface area contributed by atoms with Crippen molar-refractivity contribution in [1.29, 1.82) is 0 Å². The highest BCUT2D eigenvalue weighted by atomic mass is 35.5. The molecule has 2 aromatic rings. The molecule has 1 aromatic heterocycles. The summed E-state index contributed by atoms with van der Waals surface area (Å²) in [5.74, 6) is 0. The Balaban J connectivity index is 2.52. The largest absolute Gasteiger partial charge is 0.419 e. The van der Waals surface area contributed by atoms with Crippen molar-refractivity contribution in [3.8, 4) is 0 Å². The number of hydrogen-bond donors (Lipinski definition) is 0. The lowest BCUT2D eigenvalue weighted by Crippen LogP contribution is -2.47. The molecule has 2 rings (SSSR count). The van der Waals surface area contributed by atoms with E-state index in [0.717, 1.165) is 4.31 Å². The lowest BCUT2D eigenvalue weighted by atomic mass is 10.2. The van der Waals surface area contributed by atoms with Crippen LogP contribution in [-0.2, 0) is 20.6 Å². The molecule has 0 saturated heterocycles. The molecule has 182 valence electrons. The fraction of sp³-hybridized carbons (Fsp3) is 0.619. The number of thiophene rings is 1. The summed E-state index contributed by atoms with van der Waals surface area (Å²) in [7, 11) is -6.60. The standard InChI is InChI=1S/C21H31ClF3NO3S2Si/c1-8-11-26(13-14(2)29-32(6,7)20(3,4)5)31(27,28)19-18(21(23,24)25)16-12-15(22)9-10-17(16)30-19/h9-10,12,14H,8,11,13H2,1-7H3. The smallest absolute Gasteiger partial charge is 0.413 e. The normalized spacial score (nSPS) is 15.0. The van der Waals surface area contributed by atoms with E-state index in [2.05, 4.69) is 33.9 Å². The predicted octanol–water partition coefficient (Wildman–Crippen LogP) is 7.38. The van der Waals surface area contributed by atoms with Crippen LogP contribution in [0.4, 0.5) is 13.2 Å². The van der Waals surface area contributed by atoms with Crippen LogP contribution in [0.15, 0.2) is 22.4 Å². The Hall–Kier alpha value is -0.653. The van der Waals surface area contributed by atoms with Crippen LogP contribution in [0.5, 0.6) is 0 Å². The summed E-state index contributed by atoms with van der Waals surface area (Å²) < 4.78 is 75.9. The maximum Gasteiger partial charge on any atom is 0.419 e. The molecule has 0 aliphatic rings. The van der Waals surface area contributed by atoms with Gasteiger partial charge in [-0.25, -0.2) is 8.42 Å². The van der Waals surface area contributed by atoms with Gasteiger partial charge in [0.05, 0.1) is 11.7 Å². The van der Waals surface area contributed by atoms with E-state index in [1.54, 1.807) is 13.8 Å². The number of benzene rings is 1. The molecule has 11 heteroatoms. The zero-order valence-corrected chi connectivity index (χ0v) is 22.8. The molecule has 0 spiro atoms. The molecule has 0 radical (unpaired) electrons. The summed E-state index contributed by atoms with van der Waals surface area (Å²) in [6.45, 7) is 14.0. The summed E-state index contributed by atoms with van der Waals surface area (Å²) in [6, 6.07) is 4.04. The van der Waals surface area contributed by atoms with Crippen LogP contribution in [0.3, 0.4) is 0 Å². The van der Waals surface area contributed by atoms with Gasteiger partial charge >= 0.3 is 6.18 Å². The summed E-state index contributed by atoms with van der Waals surface area (Å²) >= 11 is 6.53. The third-order valence-electron chi connectivity index (χ3n) is 5.71. The third-order valence-corrected chi connectivity index (χ3v) is 14.1. The second-order valence-corrected chi connectivity index (χ2v) is 17.8. The van der Waals surface area contributed by atoms with Gasteiger partial charge in [0.2, 0.25) is 0 Å². The quantitative estimate of drug-likeness (QED) is 0.335. The number of rotatable bonds is 8. The maximum atomic E-state index is 14.0. The summed E-state index contributed by atoms with van der Waals surface area (Å²) in [5.41, 5.74) is -1.15. The molecule has 1 atom stereocenters. The lowest BCUT2D eigenvalue weighted by Gasteiger charge is -2.39. The molecule has 0 fully saturated rings. The molecule has 32 heavy (non-hydrogen) atoms. The first-order valence-electron chi connectivity index (χ1n) is 10.4. The van der Waals surface area contributed by atoms with E-state index < -0.39 is 40.4 Å². The molecule has 1 unspecified atom stereocenters. The molecule has 4 nitrogen and oxygen atoms in total. The molecule has 0 aliphatic heterocycles. The Morgan fingerprint density at radius 1 is 1.22 bits per heavy atom. The van der Waals surface area contributed by atoms with Crippen LogP contribution in [0.1, 0.15) is 46.6 Å². The van der Waals surface area contributed by atoms with Crippen molar-refractivity contribution in [2.45, 2.75) is 75.7 Å². The molecule has 1 heterocycles. The van der Waals surface area contributed by atoms with Crippen molar-refractivity contribution in [2.75, 3.05) is 13.1 Å².